The zero-order chi connectivity index (χ0) is 18.0. The van der Waals surface area contributed by atoms with Gasteiger partial charge >= 0.3 is 6.09 Å². The van der Waals surface area contributed by atoms with Gasteiger partial charge in [0, 0.05) is 45.5 Å². The van der Waals surface area contributed by atoms with Crippen molar-refractivity contribution in [2.45, 2.75) is 32.9 Å². The highest BCUT2D eigenvalue weighted by molar-refractivity contribution is 6.33. The van der Waals surface area contributed by atoms with Gasteiger partial charge in [0.25, 0.3) is 0 Å². The quantitative estimate of drug-likeness (QED) is 0.782. The number of amides is 1. The van der Waals surface area contributed by atoms with Crippen LogP contribution in [0.5, 0.6) is 0 Å². The van der Waals surface area contributed by atoms with Crippen LogP contribution in [-0.4, -0.2) is 68.8 Å². The Morgan fingerprint density at radius 2 is 1.92 bits per heavy atom. The van der Waals surface area contributed by atoms with E-state index in [9.17, 15) is 4.79 Å². The lowest BCUT2D eigenvalue weighted by Gasteiger charge is -2.35. The third-order valence-electron chi connectivity index (χ3n) is 4.19. The second kappa shape index (κ2) is 7.17. The molecule has 3 heterocycles. The molecule has 1 aliphatic heterocycles. The van der Waals surface area contributed by atoms with E-state index >= 15 is 0 Å². The molecule has 0 bridgehead atoms. The number of carbonyl (C=O) groups excluding carboxylic acids is 1. The van der Waals surface area contributed by atoms with E-state index in [2.05, 4.69) is 19.4 Å². The number of ether oxygens (including phenoxy) is 1. The van der Waals surface area contributed by atoms with Crippen molar-refractivity contribution >= 4 is 28.7 Å². The first-order valence-corrected chi connectivity index (χ1v) is 8.87. The van der Waals surface area contributed by atoms with Crippen molar-refractivity contribution in [1.82, 2.24) is 24.3 Å². The third kappa shape index (κ3) is 4.41. The Balaban J connectivity index is 1.51. The van der Waals surface area contributed by atoms with E-state index in [0.29, 0.717) is 18.2 Å². The fourth-order valence-corrected chi connectivity index (χ4v) is 3.07. The topological polar surface area (TPSA) is 63.5 Å². The van der Waals surface area contributed by atoms with Gasteiger partial charge in [-0.15, -0.1) is 0 Å². The van der Waals surface area contributed by atoms with Gasteiger partial charge in [-0.2, -0.15) is 0 Å². The van der Waals surface area contributed by atoms with Crippen LogP contribution in [0, 0.1) is 0 Å². The smallest absolute Gasteiger partial charge is 0.410 e. The molecule has 0 saturated carbocycles. The summed E-state index contributed by atoms with van der Waals surface area (Å²) in [6.45, 7) is 10.4. The normalized spacial score (nSPS) is 16.4. The van der Waals surface area contributed by atoms with Crippen molar-refractivity contribution in [1.29, 1.82) is 0 Å². The highest BCUT2D eigenvalue weighted by Gasteiger charge is 2.25. The highest BCUT2D eigenvalue weighted by Crippen LogP contribution is 2.20. The predicted octanol–water partition coefficient (Wildman–Crippen LogP) is 2.64. The molecule has 136 valence electrons. The van der Waals surface area contributed by atoms with Crippen LogP contribution in [0.1, 0.15) is 20.8 Å². The Bertz CT molecular complexity index is 747. The number of carbonyl (C=O) groups is 1. The molecule has 0 atom stereocenters. The van der Waals surface area contributed by atoms with Gasteiger partial charge in [0.2, 0.25) is 0 Å². The van der Waals surface area contributed by atoms with Crippen LogP contribution in [-0.2, 0) is 11.3 Å². The summed E-state index contributed by atoms with van der Waals surface area (Å²) in [5.74, 6) is 0. The van der Waals surface area contributed by atoms with E-state index in [1.165, 1.54) is 6.33 Å². The number of halogens is 1. The van der Waals surface area contributed by atoms with Gasteiger partial charge in [-0.3, -0.25) is 4.90 Å². The number of nitrogens with zero attached hydrogens (tertiary/aromatic N) is 5. The van der Waals surface area contributed by atoms with Gasteiger partial charge in [-0.05, 0) is 26.8 Å². The fraction of sp³-hybridized carbons (Fsp3) is 0.588. The molecular formula is C17H24ClN5O2. The summed E-state index contributed by atoms with van der Waals surface area (Å²) in [7, 11) is 0. The third-order valence-corrected chi connectivity index (χ3v) is 4.49. The van der Waals surface area contributed by atoms with E-state index in [4.69, 9.17) is 16.3 Å². The molecule has 1 aliphatic rings. The highest BCUT2D eigenvalue weighted by atomic mass is 35.5. The minimum atomic E-state index is -0.452. The second-order valence-electron chi connectivity index (χ2n) is 7.22. The maximum atomic E-state index is 12.1. The van der Waals surface area contributed by atoms with Gasteiger partial charge in [0.15, 0.2) is 0 Å². The van der Waals surface area contributed by atoms with Crippen LogP contribution < -0.4 is 0 Å². The number of aromatic nitrogens is 3. The summed E-state index contributed by atoms with van der Waals surface area (Å²) in [5.41, 5.74) is 0.403. The van der Waals surface area contributed by atoms with Crippen molar-refractivity contribution in [3.8, 4) is 0 Å². The number of hydrogen-bond donors (Lipinski definition) is 0. The van der Waals surface area contributed by atoms with Crippen LogP contribution in [0.2, 0.25) is 5.15 Å². The lowest BCUT2D eigenvalue weighted by molar-refractivity contribution is 0.0143. The Morgan fingerprint density at radius 1 is 1.20 bits per heavy atom. The fourth-order valence-electron chi connectivity index (χ4n) is 2.88. The summed E-state index contributed by atoms with van der Waals surface area (Å²) >= 11 is 6.09. The minimum Gasteiger partial charge on any atom is -0.444 e. The molecule has 1 amide bonds. The molecule has 0 aromatic carbocycles. The summed E-state index contributed by atoms with van der Waals surface area (Å²) in [5, 5.41) is 1.36. The minimum absolute atomic E-state index is 0.227. The predicted molar refractivity (Wildman–Crippen MR) is 96.8 cm³/mol. The zero-order valence-corrected chi connectivity index (χ0v) is 15.7. The van der Waals surface area contributed by atoms with Crippen molar-refractivity contribution in [3.05, 3.63) is 23.7 Å². The van der Waals surface area contributed by atoms with Crippen LogP contribution in [0.25, 0.3) is 11.0 Å². The standard InChI is InChI=1S/C17H24ClN5O2/c1-17(2,3)25-16(24)23-10-7-21(8-11-23)6-9-22-5-4-13-14(18)19-12-20-15(13)22/h4-5,12H,6-11H2,1-3H3. The Kier molecular flexibility index (Phi) is 5.15. The number of piperazine rings is 1. The van der Waals surface area contributed by atoms with Crippen LogP contribution in [0.15, 0.2) is 18.6 Å². The van der Waals surface area contributed by atoms with Crippen molar-refractivity contribution in [2.24, 2.45) is 0 Å². The largest absolute Gasteiger partial charge is 0.444 e. The molecule has 8 heteroatoms. The van der Waals surface area contributed by atoms with Gasteiger partial charge in [-0.25, -0.2) is 14.8 Å². The van der Waals surface area contributed by atoms with Gasteiger partial charge in [0.05, 0.1) is 5.39 Å². The number of fused-ring (bicyclic) bond motifs is 1. The van der Waals surface area contributed by atoms with E-state index in [1.54, 1.807) is 4.90 Å². The first kappa shape index (κ1) is 17.9. The molecule has 1 fully saturated rings. The summed E-state index contributed by atoms with van der Waals surface area (Å²) < 4.78 is 7.51. The van der Waals surface area contributed by atoms with Crippen molar-refractivity contribution < 1.29 is 9.53 Å². The molecular weight excluding hydrogens is 342 g/mol. The van der Waals surface area contributed by atoms with Crippen LogP contribution in [0.4, 0.5) is 4.79 Å². The van der Waals surface area contributed by atoms with Crippen LogP contribution >= 0.6 is 11.6 Å². The molecule has 25 heavy (non-hydrogen) atoms. The molecule has 2 aromatic rings. The second-order valence-corrected chi connectivity index (χ2v) is 7.58. The molecule has 2 aromatic heterocycles. The zero-order valence-electron chi connectivity index (χ0n) is 14.9. The lowest BCUT2D eigenvalue weighted by atomic mass is 10.2. The van der Waals surface area contributed by atoms with Gasteiger partial charge in [0.1, 0.15) is 22.7 Å². The van der Waals surface area contributed by atoms with Crippen molar-refractivity contribution in [2.75, 3.05) is 32.7 Å². The van der Waals surface area contributed by atoms with Gasteiger partial charge < -0.3 is 14.2 Å². The molecule has 7 nitrogen and oxygen atoms in total. The SMILES string of the molecule is CC(C)(C)OC(=O)N1CCN(CCn2ccc3c(Cl)ncnc32)CC1. The first-order valence-electron chi connectivity index (χ1n) is 8.49. The average molecular weight is 366 g/mol. The molecule has 0 unspecified atom stereocenters. The first-order chi connectivity index (χ1) is 11.8. The summed E-state index contributed by atoms with van der Waals surface area (Å²) in [4.78, 5) is 24.5. The molecule has 0 spiro atoms. The lowest BCUT2D eigenvalue weighted by Crippen LogP contribution is -2.50. The number of rotatable bonds is 3. The molecule has 1 saturated heterocycles. The van der Waals surface area contributed by atoms with Crippen molar-refractivity contribution in [3.63, 3.8) is 0 Å². The Labute approximate surface area is 152 Å². The number of hydrogen-bond acceptors (Lipinski definition) is 5. The maximum absolute atomic E-state index is 12.1. The monoisotopic (exact) mass is 365 g/mol. The summed E-state index contributed by atoms with van der Waals surface area (Å²) in [6, 6.07) is 1.94. The van der Waals surface area contributed by atoms with E-state index in [-0.39, 0.29) is 6.09 Å². The van der Waals surface area contributed by atoms with E-state index < -0.39 is 5.60 Å². The Morgan fingerprint density at radius 3 is 2.60 bits per heavy atom. The van der Waals surface area contributed by atoms with E-state index in [0.717, 1.165) is 37.2 Å². The Hall–Kier alpha value is -1.86. The molecule has 3 rings (SSSR count). The molecule has 0 N–H and O–H groups in total. The average Bonchev–Trinajstić information content (AvgIpc) is 2.96. The molecule has 0 radical (unpaired) electrons. The molecule has 0 aliphatic carbocycles. The van der Waals surface area contributed by atoms with E-state index in [1.807, 2.05) is 33.0 Å². The van der Waals surface area contributed by atoms with Gasteiger partial charge in [-0.1, -0.05) is 11.6 Å². The summed E-state index contributed by atoms with van der Waals surface area (Å²) in [6.07, 6.45) is 3.25. The maximum Gasteiger partial charge on any atom is 0.410 e. The van der Waals surface area contributed by atoms with Crippen LogP contribution in [0.3, 0.4) is 0 Å².